The van der Waals surface area contributed by atoms with E-state index in [1.54, 1.807) is 32.4 Å². The molecule has 0 saturated carbocycles. The summed E-state index contributed by atoms with van der Waals surface area (Å²) in [7, 11) is 3.23. The van der Waals surface area contributed by atoms with Crippen molar-refractivity contribution in [3.05, 3.63) is 58.5 Å². The summed E-state index contributed by atoms with van der Waals surface area (Å²) >= 11 is 1.26. The van der Waals surface area contributed by atoms with Gasteiger partial charge in [-0.3, -0.25) is 9.69 Å². The lowest BCUT2D eigenvalue weighted by Gasteiger charge is -2.10. The molecule has 1 saturated heterocycles. The van der Waals surface area contributed by atoms with E-state index in [0.29, 0.717) is 33.9 Å². The van der Waals surface area contributed by atoms with Crippen LogP contribution in [0.1, 0.15) is 29.3 Å². The zero-order chi connectivity index (χ0) is 21.7. The van der Waals surface area contributed by atoms with Crippen LogP contribution in [-0.4, -0.2) is 47.8 Å². The molecule has 0 aromatic heterocycles. The van der Waals surface area contributed by atoms with E-state index >= 15 is 0 Å². The molecule has 1 N–H and O–H groups in total. The molecular formula is C22H22N2O5S. The fraction of sp³-hybridized carbons (Fsp3) is 0.227. The number of nitrogens with zero attached hydrogens (tertiary/aromatic N) is 2. The minimum absolute atomic E-state index is 0.161. The Morgan fingerprint density at radius 2 is 1.93 bits per heavy atom. The number of aromatic carboxylic acids is 1. The lowest BCUT2D eigenvalue weighted by atomic mass is 10.2. The summed E-state index contributed by atoms with van der Waals surface area (Å²) in [6, 6.07) is 11.7. The molecule has 0 unspecified atom stereocenters. The number of carbonyl (C=O) groups excluding carboxylic acids is 1. The van der Waals surface area contributed by atoms with Gasteiger partial charge in [-0.2, -0.15) is 0 Å². The summed E-state index contributed by atoms with van der Waals surface area (Å²) in [6.45, 7) is 2.63. The SMILES string of the molecule is CCCOc1ccc(/C=C2/SC(=Nc3ccc(C(=O)O)cc3)N(C)C2=O)cc1OC. The highest BCUT2D eigenvalue weighted by atomic mass is 32.2. The maximum atomic E-state index is 12.6. The van der Waals surface area contributed by atoms with Gasteiger partial charge in [0.05, 0.1) is 29.9 Å². The summed E-state index contributed by atoms with van der Waals surface area (Å²) in [5.74, 6) is 0.111. The zero-order valence-corrected chi connectivity index (χ0v) is 17.7. The van der Waals surface area contributed by atoms with Crippen molar-refractivity contribution in [3.63, 3.8) is 0 Å². The number of likely N-dealkylation sites (N-methyl/N-ethyl adjacent to an activating group) is 1. The Bertz CT molecular complexity index is 1010. The summed E-state index contributed by atoms with van der Waals surface area (Å²) in [5.41, 5.74) is 1.57. The Kier molecular flexibility index (Phi) is 6.79. The number of amidine groups is 1. The van der Waals surface area contributed by atoms with Crippen LogP contribution < -0.4 is 9.47 Å². The van der Waals surface area contributed by atoms with Gasteiger partial charge in [-0.25, -0.2) is 9.79 Å². The van der Waals surface area contributed by atoms with Gasteiger partial charge in [0.15, 0.2) is 16.7 Å². The summed E-state index contributed by atoms with van der Waals surface area (Å²) in [4.78, 5) is 30.1. The normalized spacial score (nSPS) is 16.4. The minimum atomic E-state index is -0.997. The molecule has 0 bridgehead atoms. The Labute approximate surface area is 179 Å². The second kappa shape index (κ2) is 9.49. The van der Waals surface area contributed by atoms with Gasteiger partial charge in [-0.15, -0.1) is 0 Å². The molecule has 1 heterocycles. The number of amides is 1. The maximum absolute atomic E-state index is 12.6. The number of ether oxygens (including phenoxy) is 2. The molecule has 1 amide bonds. The van der Waals surface area contributed by atoms with Gasteiger partial charge in [0, 0.05) is 7.05 Å². The van der Waals surface area contributed by atoms with E-state index < -0.39 is 5.97 Å². The van der Waals surface area contributed by atoms with Crippen LogP contribution in [-0.2, 0) is 4.79 Å². The number of benzene rings is 2. The van der Waals surface area contributed by atoms with Crippen molar-refractivity contribution in [2.45, 2.75) is 13.3 Å². The summed E-state index contributed by atoms with van der Waals surface area (Å²) in [5, 5.41) is 9.51. The van der Waals surface area contributed by atoms with Crippen molar-refractivity contribution >= 4 is 40.6 Å². The first-order valence-corrected chi connectivity index (χ1v) is 10.1. The maximum Gasteiger partial charge on any atom is 0.335 e. The smallest absolute Gasteiger partial charge is 0.335 e. The predicted octanol–water partition coefficient (Wildman–Crippen LogP) is 4.42. The van der Waals surface area contributed by atoms with Gasteiger partial charge in [0.25, 0.3) is 5.91 Å². The van der Waals surface area contributed by atoms with Crippen molar-refractivity contribution in [2.75, 3.05) is 20.8 Å². The summed E-state index contributed by atoms with van der Waals surface area (Å²) < 4.78 is 11.1. The number of thioether (sulfide) groups is 1. The molecule has 0 spiro atoms. The van der Waals surface area contributed by atoms with E-state index in [0.717, 1.165) is 12.0 Å². The number of carboxylic acids is 1. The standard InChI is InChI=1S/C22H22N2O5S/c1-4-11-29-17-10-5-14(12-18(17)28-3)13-19-20(25)24(2)22(30-19)23-16-8-6-15(7-9-16)21(26)27/h5-10,12-13H,4,11H2,1-3H3,(H,26,27)/b19-13+,23-22?. The topological polar surface area (TPSA) is 88.4 Å². The highest BCUT2D eigenvalue weighted by Gasteiger charge is 2.30. The summed E-state index contributed by atoms with van der Waals surface area (Å²) in [6.07, 6.45) is 2.68. The van der Waals surface area contributed by atoms with Crippen LogP contribution in [0, 0.1) is 0 Å². The van der Waals surface area contributed by atoms with Crippen LogP contribution in [0.4, 0.5) is 5.69 Å². The van der Waals surface area contributed by atoms with Crippen LogP contribution in [0.3, 0.4) is 0 Å². The fourth-order valence-electron chi connectivity index (χ4n) is 2.70. The van der Waals surface area contributed by atoms with E-state index in [9.17, 15) is 9.59 Å². The number of methoxy groups -OCH3 is 1. The van der Waals surface area contributed by atoms with Gasteiger partial charge in [0.1, 0.15) is 0 Å². The first-order chi connectivity index (χ1) is 14.4. The Morgan fingerprint density at radius 1 is 1.20 bits per heavy atom. The molecule has 1 aliphatic heterocycles. The van der Waals surface area contributed by atoms with Crippen molar-refractivity contribution in [2.24, 2.45) is 4.99 Å². The molecule has 0 aliphatic carbocycles. The van der Waals surface area contributed by atoms with Crippen LogP contribution in [0.2, 0.25) is 0 Å². The third-order valence-electron chi connectivity index (χ3n) is 4.29. The average Bonchev–Trinajstić information content (AvgIpc) is 3.00. The van der Waals surface area contributed by atoms with Crippen LogP contribution in [0.25, 0.3) is 6.08 Å². The van der Waals surface area contributed by atoms with Crippen molar-refractivity contribution in [3.8, 4) is 11.5 Å². The predicted molar refractivity (Wildman–Crippen MR) is 118 cm³/mol. The third kappa shape index (κ3) is 4.83. The monoisotopic (exact) mass is 426 g/mol. The number of carbonyl (C=O) groups is 2. The second-order valence-corrected chi connectivity index (χ2v) is 7.49. The molecule has 1 aliphatic rings. The number of carboxylic acid groups (broad SMARTS) is 1. The molecular weight excluding hydrogens is 404 g/mol. The second-order valence-electron chi connectivity index (χ2n) is 6.48. The number of aliphatic imine (C=N–C) groups is 1. The molecule has 1 fully saturated rings. The Hall–Kier alpha value is -3.26. The minimum Gasteiger partial charge on any atom is -0.493 e. The van der Waals surface area contributed by atoms with Crippen LogP contribution in [0.15, 0.2) is 52.4 Å². The van der Waals surface area contributed by atoms with Crippen LogP contribution >= 0.6 is 11.8 Å². The van der Waals surface area contributed by atoms with E-state index in [1.165, 1.54) is 28.8 Å². The Balaban J connectivity index is 1.83. The first-order valence-electron chi connectivity index (χ1n) is 9.33. The molecule has 3 rings (SSSR count). The molecule has 7 nitrogen and oxygen atoms in total. The van der Waals surface area contributed by atoms with Gasteiger partial charge in [-0.1, -0.05) is 13.0 Å². The van der Waals surface area contributed by atoms with E-state index in [4.69, 9.17) is 14.6 Å². The number of hydrogen-bond donors (Lipinski definition) is 1. The molecule has 2 aromatic carbocycles. The average molecular weight is 426 g/mol. The first kappa shape index (κ1) is 21.4. The van der Waals surface area contributed by atoms with Crippen molar-refractivity contribution in [1.82, 2.24) is 4.90 Å². The van der Waals surface area contributed by atoms with Crippen molar-refractivity contribution in [1.29, 1.82) is 0 Å². The number of rotatable bonds is 7. The number of hydrogen-bond acceptors (Lipinski definition) is 6. The highest BCUT2D eigenvalue weighted by molar-refractivity contribution is 8.18. The molecule has 30 heavy (non-hydrogen) atoms. The van der Waals surface area contributed by atoms with E-state index in [2.05, 4.69) is 4.99 Å². The third-order valence-corrected chi connectivity index (χ3v) is 5.35. The largest absolute Gasteiger partial charge is 0.493 e. The highest BCUT2D eigenvalue weighted by Crippen LogP contribution is 2.35. The van der Waals surface area contributed by atoms with Crippen molar-refractivity contribution < 1.29 is 24.2 Å². The van der Waals surface area contributed by atoms with Gasteiger partial charge < -0.3 is 14.6 Å². The zero-order valence-electron chi connectivity index (χ0n) is 16.9. The van der Waals surface area contributed by atoms with Gasteiger partial charge in [-0.05, 0) is 66.2 Å². The van der Waals surface area contributed by atoms with Gasteiger partial charge in [0.2, 0.25) is 0 Å². The Morgan fingerprint density at radius 3 is 2.57 bits per heavy atom. The molecule has 0 atom stereocenters. The fourth-order valence-corrected chi connectivity index (χ4v) is 3.68. The van der Waals surface area contributed by atoms with Gasteiger partial charge >= 0.3 is 5.97 Å². The molecule has 2 aromatic rings. The quantitative estimate of drug-likeness (QED) is 0.660. The molecule has 156 valence electrons. The van der Waals surface area contributed by atoms with E-state index in [-0.39, 0.29) is 11.5 Å². The van der Waals surface area contributed by atoms with Crippen LogP contribution in [0.5, 0.6) is 11.5 Å². The lowest BCUT2D eigenvalue weighted by Crippen LogP contribution is -2.23. The lowest BCUT2D eigenvalue weighted by molar-refractivity contribution is -0.121. The molecule has 0 radical (unpaired) electrons. The molecule has 8 heteroatoms. The van der Waals surface area contributed by atoms with E-state index in [1.807, 2.05) is 25.1 Å².